The van der Waals surface area contributed by atoms with Crippen molar-refractivity contribution in [1.29, 1.82) is 0 Å². The molecule has 2 aromatic carbocycles. The Morgan fingerprint density at radius 3 is 2.60 bits per heavy atom. The molecule has 9 heteroatoms. The summed E-state index contributed by atoms with van der Waals surface area (Å²) in [5.41, 5.74) is 4.30. The zero-order valence-corrected chi connectivity index (χ0v) is 20.0. The molecule has 1 atom stereocenters. The second-order valence-corrected chi connectivity index (χ2v) is 8.65. The third kappa shape index (κ3) is 5.34. The van der Waals surface area contributed by atoms with Crippen molar-refractivity contribution in [3.63, 3.8) is 0 Å². The third-order valence-corrected chi connectivity index (χ3v) is 5.95. The Balaban J connectivity index is 1.55. The van der Waals surface area contributed by atoms with Gasteiger partial charge in [-0.05, 0) is 49.6 Å². The lowest BCUT2D eigenvalue weighted by atomic mass is 10.0. The zero-order valence-electron chi connectivity index (χ0n) is 20.0. The SMILES string of the molecule is CCOc1ccc2c(c1)C(=O)N(C[C@H](NC(=O)NC=O)c1ccc(-c3cnn(C(C)C)c3)cc1)C2. The summed E-state index contributed by atoms with van der Waals surface area (Å²) < 4.78 is 7.43. The van der Waals surface area contributed by atoms with E-state index in [4.69, 9.17) is 4.74 Å². The lowest BCUT2D eigenvalue weighted by molar-refractivity contribution is -0.108. The quantitative estimate of drug-likeness (QED) is 0.459. The molecule has 182 valence electrons. The first-order chi connectivity index (χ1) is 16.9. The van der Waals surface area contributed by atoms with E-state index >= 15 is 0 Å². The fourth-order valence-corrected chi connectivity index (χ4v) is 4.13. The van der Waals surface area contributed by atoms with Crippen LogP contribution in [0.5, 0.6) is 5.75 Å². The highest BCUT2D eigenvalue weighted by atomic mass is 16.5. The summed E-state index contributed by atoms with van der Waals surface area (Å²) in [6.45, 7) is 7.22. The second kappa shape index (κ2) is 10.4. The smallest absolute Gasteiger partial charge is 0.321 e. The molecule has 4 amide bonds. The van der Waals surface area contributed by atoms with Gasteiger partial charge >= 0.3 is 6.03 Å². The van der Waals surface area contributed by atoms with Gasteiger partial charge in [0.2, 0.25) is 6.41 Å². The van der Waals surface area contributed by atoms with Gasteiger partial charge in [0, 0.05) is 36.5 Å². The number of carbonyl (C=O) groups excluding carboxylic acids is 3. The van der Waals surface area contributed by atoms with E-state index in [1.165, 1.54) is 0 Å². The minimum absolute atomic E-state index is 0.123. The average molecular weight is 476 g/mol. The molecule has 0 bridgehead atoms. The predicted molar refractivity (Wildman–Crippen MR) is 131 cm³/mol. The first-order valence-corrected chi connectivity index (χ1v) is 11.6. The molecule has 2 heterocycles. The molecule has 0 unspecified atom stereocenters. The fraction of sp³-hybridized carbons (Fsp3) is 0.308. The number of amides is 4. The Hall–Kier alpha value is -4.14. The maximum absolute atomic E-state index is 13.1. The Morgan fingerprint density at radius 2 is 1.94 bits per heavy atom. The van der Waals surface area contributed by atoms with Gasteiger partial charge in [-0.1, -0.05) is 30.3 Å². The molecule has 1 aliphatic rings. The number of imide groups is 1. The van der Waals surface area contributed by atoms with Crippen LogP contribution in [0, 0.1) is 0 Å². The van der Waals surface area contributed by atoms with Gasteiger partial charge in [-0.25, -0.2) is 4.79 Å². The topological polar surface area (TPSA) is 106 Å². The van der Waals surface area contributed by atoms with Gasteiger partial charge in [0.15, 0.2) is 0 Å². The number of hydrogen-bond acceptors (Lipinski definition) is 5. The Bertz CT molecular complexity index is 1220. The molecule has 0 spiro atoms. The van der Waals surface area contributed by atoms with E-state index in [1.54, 1.807) is 11.0 Å². The van der Waals surface area contributed by atoms with Crippen molar-refractivity contribution in [2.75, 3.05) is 13.2 Å². The third-order valence-electron chi connectivity index (χ3n) is 5.95. The minimum atomic E-state index is -0.630. The van der Waals surface area contributed by atoms with E-state index in [0.717, 1.165) is 22.3 Å². The molecule has 0 aliphatic carbocycles. The van der Waals surface area contributed by atoms with E-state index < -0.39 is 12.1 Å². The Morgan fingerprint density at radius 1 is 1.17 bits per heavy atom. The number of carbonyl (C=O) groups is 3. The molecule has 0 saturated heterocycles. The van der Waals surface area contributed by atoms with Crippen molar-refractivity contribution in [3.05, 3.63) is 71.5 Å². The molecular weight excluding hydrogens is 446 g/mol. The van der Waals surface area contributed by atoms with Gasteiger partial charge in [-0.3, -0.25) is 19.6 Å². The zero-order chi connectivity index (χ0) is 24.9. The van der Waals surface area contributed by atoms with Crippen LogP contribution in [0.4, 0.5) is 4.79 Å². The number of aromatic nitrogens is 2. The number of hydrogen-bond donors (Lipinski definition) is 2. The van der Waals surface area contributed by atoms with Gasteiger partial charge < -0.3 is 15.0 Å². The highest BCUT2D eigenvalue weighted by Crippen LogP contribution is 2.29. The first-order valence-electron chi connectivity index (χ1n) is 11.6. The Labute approximate surface area is 204 Å². The van der Waals surface area contributed by atoms with Crippen LogP contribution in [0.2, 0.25) is 0 Å². The number of nitrogens with one attached hydrogen (secondary N) is 2. The van der Waals surface area contributed by atoms with Crippen molar-refractivity contribution in [2.24, 2.45) is 0 Å². The summed E-state index contributed by atoms with van der Waals surface area (Å²) in [5.74, 6) is 0.528. The molecule has 0 radical (unpaired) electrons. The number of benzene rings is 2. The monoisotopic (exact) mass is 475 g/mol. The van der Waals surface area contributed by atoms with Crippen LogP contribution in [0.1, 0.15) is 54.3 Å². The number of nitrogens with zero attached hydrogens (tertiary/aromatic N) is 3. The van der Waals surface area contributed by atoms with E-state index in [9.17, 15) is 14.4 Å². The van der Waals surface area contributed by atoms with Crippen LogP contribution in [0.15, 0.2) is 54.9 Å². The summed E-state index contributed by atoms with van der Waals surface area (Å²) in [7, 11) is 0. The van der Waals surface area contributed by atoms with Crippen molar-refractivity contribution in [1.82, 2.24) is 25.3 Å². The van der Waals surface area contributed by atoms with Gasteiger partial charge in [-0.2, -0.15) is 5.10 Å². The number of fused-ring (bicyclic) bond motifs is 1. The average Bonchev–Trinajstić information content (AvgIpc) is 3.45. The maximum Gasteiger partial charge on any atom is 0.321 e. The molecule has 35 heavy (non-hydrogen) atoms. The van der Waals surface area contributed by atoms with Crippen LogP contribution in [0.3, 0.4) is 0 Å². The molecule has 3 aromatic rings. The number of rotatable bonds is 9. The molecule has 0 saturated carbocycles. The standard InChI is InChI=1S/C26H29N5O4/c1-4-35-22-10-9-20-13-30(25(33)23(20)11-22)15-24(29-26(34)27-16-32)19-7-5-18(6-8-19)21-12-28-31(14-21)17(2)3/h5-12,14,16-17,24H,4,13,15H2,1-3H3,(H2,27,29,32,34)/t24-/m0/s1. The number of urea groups is 1. The van der Waals surface area contributed by atoms with E-state index in [0.29, 0.717) is 30.9 Å². The largest absolute Gasteiger partial charge is 0.494 e. The van der Waals surface area contributed by atoms with Crippen molar-refractivity contribution in [2.45, 2.75) is 39.4 Å². The summed E-state index contributed by atoms with van der Waals surface area (Å²) >= 11 is 0. The van der Waals surface area contributed by atoms with Crippen molar-refractivity contribution in [3.8, 4) is 16.9 Å². The van der Waals surface area contributed by atoms with Crippen LogP contribution in [-0.4, -0.2) is 46.2 Å². The molecule has 4 rings (SSSR count). The highest BCUT2D eigenvalue weighted by Gasteiger charge is 2.30. The highest BCUT2D eigenvalue weighted by molar-refractivity contribution is 5.98. The van der Waals surface area contributed by atoms with E-state index in [-0.39, 0.29) is 18.5 Å². The van der Waals surface area contributed by atoms with Gasteiger partial charge in [0.05, 0.1) is 18.8 Å². The first kappa shape index (κ1) is 24.0. The summed E-state index contributed by atoms with van der Waals surface area (Å²) in [5, 5.41) is 9.30. The molecule has 1 aliphatic heterocycles. The van der Waals surface area contributed by atoms with Gasteiger partial charge in [0.25, 0.3) is 5.91 Å². The summed E-state index contributed by atoms with van der Waals surface area (Å²) in [4.78, 5) is 37.7. The molecule has 9 nitrogen and oxygen atoms in total. The normalized spacial score (nSPS) is 13.5. The molecule has 1 aromatic heterocycles. The van der Waals surface area contributed by atoms with Crippen LogP contribution in [0.25, 0.3) is 11.1 Å². The lowest BCUT2D eigenvalue weighted by Gasteiger charge is -2.25. The van der Waals surface area contributed by atoms with Crippen molar-refractivity contribution >= 4 is 18.3 Å². The van der Waals surface area contributed by atoms with Crippen LogP contribution >= 0.6 is 0 Å². The minimum Gasteiger partial charge on any atom is -0.494 e. The predicted octanol–water partition coefficient (Wildman–Crippen LogP) is 3.68. The second-order valence-electron chi connectivity index (χ2n) is 8.65. The van der Waals surface area contributed by atoms with Gasteiger partial charge in [-0.15, -0.1) is 0 Å². The Kier molecular flexibility index (Phi) is 7.14. The van der Waals surface area contributed by atoms with Gasteiger partial charge in [0.1, 0.15) is 5.75 Å². The van der Waals surface area contributed by atoms with Crippen LogP contribution in [-0.2, 0) is 11.3 Å². The molecule has 0 fully saturated rings. The maximum atomic E-state index is 13.1. The number of ether oxygens (including phenoxy) is 1. The molecule has 2 N–H and O–H groups in total. The molecular formula is C26H29N5O4. The lowest BCUT2D eigenvalue weighted by Crippen LogP contribution is -2.42. The summed E-state index contributed by atoms with van der Waals surface area (Å²) in [6.07, 6.45) is 4.14. The van der Waals surface area contributed by atoms with E-state index in [1.807, 2.05) is 60.4 Å². The summed E-state index contributed by atoms with van der Waals surface area (Å²) in [6, 6.07) is 12.4. The van der Waals surface area contributed by atoms with Crippen molar-refractivity contribution < 1.29 is 19.1 Å². The van der Waals surface area contributed by atoms with E-state index in [2.05, 4.69) is 29.6 Å². The van der Waals surface area contributed by atoms with Crippen LogP contribution < -0.4 is 15.4 Å². The fourth-order valence-electron chi connectivity index (χ4n) is 4.13.